The lowest BCUT2D eigenvalue weighted by atomic mass is 9.98. The molecule has 0 unspecified atom stereocenters. The molecule has 41 heavy (non-hydrogen) atoms. The van der Waals surface area contributed by atoms with Crippen LogP contribution < -0.4 is 16.0 Å². The van der Waals surface area contributed by atoms with E-state index in [1.165, 1.54) is 18.9 Å². The molecule has 2 atom stereocenters. The van der Waals surface area contributed by atoms with Crippen LogP contribution in [-0.2, 0) is 33.8 Å². The van der Waals surface area contributed by atoms with Gasteiger partial charge in [0.2, 0.25) is 11.8 Å². The van der Waals surface area contributed by atoms with Crippen LogP contribution in [0.1, 0.15) is 30.4 Å². The summed E-state index contributed by atoms with van der Waals surface area (Å²) < 4.78 is 10.4. The van der Waals surface area contributed by atoms with Gasteiger partial charge in [0.1, 0.15) is 31.2 Å². The van der Waals surface area contributed by atoms with E-state index in [0.717, 1.165) is 28.0 Å². The van der Waals surface area contributed by atoms with Crippen LogP contribution in [0.2, 0.25) is 0 Å². The third-order valence-corrected chi connectivity index (χ3v) is 10.1. The largest absolute Gasteiger partial charge is 0.467 e. The summed E-state index contributed by atoms with van der Waals surface area (Å²) in [4.78, 5) is 50.1. The summed E-state index contributed by atoms with van der Waals surface area (Å²) in [7, 11) is 2.82. The van der Waals surface area contributed by atoms with Gasteiger partial charge in [-0.3, -0.25) is 9.59 Å². The quantitative estimate of drug-likeness (QED) is 0.158. The second-order valence-corrected chi connectivity index (χ2v) is 15.5. The molecule has 0 aliphatic heterocycles. The topological polar surface area (TPSA) is 123 Å². The fourth-order valence-corrected chi connectivity index (χ4v) is 6.96. The minimum atomic E-state index is -0.836. The average molecular weight is 621 g/mol. The van der Waals surface area contributed by atoms with Crippen molar-refractivity contribution in [3.8, 4) is 11.1 Å². The Morgan fingerprint density at radius 1 is 0.927 bits per heavy atom. The van der Waals surface area contributed by atoms with Crippen LogP contribution >= 0.6 is 22.6 Å². The number of methoxy groups -OCH3 is 1. The maximum absolute atomic E-state index is 13.0. The number of benzene rings is 2. The monoisotopic (exact) mass is 620 g/mol. The van der Waals surface area contributed by atoms with Crippen LogP contribution in [0.25, 0.3) is 11.1 Å². The van der Waals surface area contributed by atoms with E-state index >= 15 is 0 Å². The summed E-state index contributed by atoms with van der Waals surface area (Å²) in [6.07, 6.45) is 3.37. The molecule has 12 heteroatoms. The van der Waals surface area contributed by atoms with Gasteiger partial charge in [0, 0.05) is 24.6 Å². The van der Waals surface area contributed by atoms with Crippen molar-refractivity contribution >= 4 is 56.4 Å². The molecule has 0 aromatic heterocycles. The lowest BCUT2D eigenvalue weighted by Gasteiger charge is -2.19. The van der Waals surface area contributed by atoms with Crippen molar-refractivity contribution < 1.29 is 28.7 Å². The molecule has 0 radical (unpaired) electrons. The maximum Gasteiger partial charge on any atom is 0.407 e. The van der Waals surface area contributed by atoms with E-state index in [0.29, 0.717) is 11.5 Å². The van der Waals surface area contributed by atoms with E-state index in [1.54, 1.807) is 10.8 Å². The van der Waals surface area contributed by atoms with E-state index in [4.69, 9.17) is 9.47 Å². The summed E-state index contributed by atoms with van der Waals surface area (Å²) in [5.41, 5.74) is 4.48. The van der Waals surface area contributed by atoms with Crippen molar-refractivity contribution in [2.75, 3.05) is 50.0 Å². The number of carbonyl (C=O) groups is 4. The number of esters is 1. The second-order valence-electron chi connectivity index (χ2n) is 9.39. The van der Waals surface area contributed by atoms with E-state index in [1.807, 2.05) is 55.8 Å². The molecular weight excluding hydrogens is 583 g/mol. The smallest absolute Gasteiger partial charge is 0.407 e. The lowest BCUT2D eigenvalue weighted by molar-refractivity contribution is -0.144. The van der Waals surface area contributed by atoms with Gasteiger partial charge in [-0.1, -0.05) is 55.5 Å². The molecule has 0 bridgehead atoms. The first-order valence-corrected chi connectivity index (χ1v) is 18.0. The Morgan fingerprint density at radius 2 is 1.56 bits per heavy atom. The molecule has 0 saturated carbocycles. The van der Waals surface area contributed by atoms with Gasteiger partial charge in [0.15, 0.2) is 0 Å². The van der Waals surface area contributed by atoms with Gasteiger partial charge in [-0.25, -0.2) is 9.59 Å². The third kappa shape index (κ3) is 9.61. The van der Waals surface area contributed by atoms with Gasteiger partial charge in [-0.2, -0.15) is 11.8 Å². The number of amides is 3. The first-order valence-electron chi connectivity index (χ1n) is 13.3. The van der Waals surface area contributed by atoms with Crippen molar-refractivity contribution in [1.29, 1.82) is 0 Å². The van der Waals surface area contributed by atoms with Crippen LogP contribution in [0.15, 0.2) is 48.5 Å². The van der Waals surface area contributed by atoms with E-state index in [2.05, 4.69) is 28.1 Å². The Hall–Kier alpha value is -2.83. The van der Waals surface area contributed by atoms with Crippen LogP contribution in [0, 0.1) is 0 Å². The number of nitrogens with one attached hydrogen (secondary N) is 3. The molecular formula is C29H38N3O6S3+. The highest BCUT2D eigenvalue weighted by Crippen LogP contribution is 2.44. The molecule has 2 aromatic rings. The summed E-state index contributed by atoms with van der Waals surface area (Å²) in [6, 6.07) is 14.6. The van der Waals surface area contributed by atoms with Gasteiger partial charge in [0.05, 0.1) is 33.6 Å². The van der Waals surface area contributed by atoms with Crippen LogP contribution in [0.5, 0.6) is 0 Å². The normalized spacial score (nSPS) is 13.5. The number of fused-ring (bicyclic) bond motifs is 3. The van der Waals surface area contributed by atoms with Gasteiger partial charge in [-0.15, -0.1) is 0 Å². The molecule has 9 nitrogen and oxygen atoms in total. The number of thioether (sulfide) groups is 1. The highest BCUT2D eigenvalue weighted by Gasteiger charge is 2.30. The number of ether oxygens (including phenoxy) is 2. The van der Waals surface area contributed by atoms with Crippen molar-refractivity contribution in [1.82, 2.24) is 16.0 Å². The van der Waals surface area contributed by atoms with Crippen molar-refractivity contribution in [3.05, 3.63) is 59.7 Å². The van der Waals surface area contributed by atoms with Crippen LogP contribution in [-0.4, -0.2) is 86.0 Å². The minimum absolute atomic E-state index is 0.0166. The number of hydrogen-bond acceptors (Lipinski definition) is 8. The Balaban J connectivity index is 1.53. The van der Waals surface area contributed by atoms with E-state index < -0.39 is 30.1 Å². The molecule has 1 aliphatic rings. The molecule has 0 fully saturated rings. The van der Waals surface area contributed by atoms with E-state index in [9.17, 15) is 19.2 Å². The summed E-state index contributed by atoms with van der Waals surface area (Å²) in [5, 5.41) is 8.09. The third-order valence-electron chi connectivity index (χ3n) is 6.38. The molecule has 0 spiro atoms. The molecule has 2 aromatic carbocycles. The average Bonchev–Trinajstić information content (AvgIpc) is 3.29. The predicted molar refractivity (Wildman–Crippen MR) is 168 cm³/mol. The fourth-order valence-electron chi connectivity index (χ4n) is 4.40. The first-order chi connectivity index (χ1) is 19.7. The highest BCUT2D eigenvalue weighted by atomic mass is 33.1. The molecule has 0 saturated heterocycles. The number of rotatable bonds is 15. The van der Waals surface area contributed by atoms with E-state index in [-0.39, 0.29) is 41.3 Å². The molecule has 0 heterocycles. The van der Waals surface area contributed by atoms with Gasteiger partial charge in [0.25, 0.3) is 0 Å². The molecule has 3 rings (SSSR count). The van der Waals surface area contributed by atoms with Gasteiger partial charge >= 0.3 is 12.1 Å². The van der Waals surface area contributed by atoms with Gasteiger partial charge in [-0.05, 0) is 28.0 Å². The molecule has 3 amide bonds. The Morgan fingerprint density at radius 3 is 2.15 bits per heavy atom. The standard InChI is InChI=1S/C29H37N3O6S3/c1-5-39-17-25(28(35)37-2)31-26(33)14-15-30-27(34)24(18-40-41(3)4)32-29(36)38-16-23-21-12-8-6-10-19(21)20-11-7-9-13-22(20)23/h6-13,23-25H,5,14-18H2,1-4H3,(H2-,30,31,32,33,34,36)/p+1/t24-,25-/m0/s1. The predicted octanol–water partition coefficient (Wildman–Crippen LogP) is 3.34. The molecule has 1 aliphatic carbocycles. The lowest BCUT2D eigenvalue weighted by Crippen LogP contribution is -2.49. The zero-order chi connectivity index (χ0) is 29.8. The Bertz CT molecular complexity index is 1170. The highest BCUT2D eigenvalue weighted by molar-refractivity contribution is 8.73. The SMILES string of the molecule is CCSC[C@H](NC(=O)CCNC(=O)[C@H](CS[S+](C)C)NC(=O)OCC1c2ccccc2-c2ccccc21)C(=O)OC. The van der Waals surface area contributed by atoms with Crippen LogP contribution in [0.3, 0.4) is 0 Å². The zero-order valence-corrected chi connectivity index (χ0v) is 26.2. The Labute approximate surface area is 252 Å². The van der Waals surface area contributed by atoms with Crippen LogP contribution in [0.4, 0.5) is 4.79 Å². The second kappa shape index (κ2) is 16.6. The minimum Gasteiger partial charge on any atom is -0.467 e. The summed E-state index contributed by atoms with van der Waals surface area (Å²) in [5.74, 6) is 0.174. The maximum atomic E-state index is 13.0. The summed E-state index contributed by atoms with van der Waals surface area (Å²) >= 11 is 1.51. The number of alkyl carbamates (subject to hydrolysis) is 1. The zero-order valence-electron chi connectivity index (χ0n) is 23.8. The number of carbonyl (C=O) groups excluding carboxylic acids is 4. The first kappa shape index (κ1) is 32.7. The van der Waals surface area contributed by atoms with Crippen molar-refractivity contribution in [3.63, 3.8) is 0 Å². The molecule has 3 N–H and O–H groups in total. The number of hydrogen-bond donors (Lipinski definition) is 3. The van der Waals surface area contributed by atoms with Crippen molar-refractivity contribution in [2.24, 2.45) is 0 Å². The summed E-state index contributed by atoms with van der Waals surface area (Å²) in [6.45, 7) is 2.16. The van der Waals surface area contributed by atoms with Gasteiger partial charge < -0.3 is 25.4 Å². The van der Waals surface area contributed by atoms with Crippen molar-refractivity contribution in [2.45, 2.75) is 31.3 Å². The fraction of sp³-hybridized carbons (Fsp3) is 0.448. The molecule has 222 valence electrons. The Kier molecular flexibility index (Phi) is 13.2.